The van der Waals surface area contributed by atoms with E-state index in [-0.39, 0.29) is 11.2 Å². The quantitative estimate of drug-likeness (QED) is 0.665. The molecule has 2 nitrogen and oxygen atoms in total. The van der Waals surface area contributed by atoms with Gasteiger partial charge < -0.3 is 4.74 Å². The number of rotatable bonds is 1. The van der Waals surface area contributed by atoms with Crippen molar-refractivity contribution in [3.63, 3.8) is 0 Å². The van der Waals surface area contributed by atoms with Crippen molar-refractivity contribution in [1.82, 2.24) is 0 Å². The minimum Gasteiger partial charge on any atom is -0.497 e. The van der Waals surface area contributed by atoms with Gasteiger partial charge in [0.1, 0.15) is 5.76 Å². The Balaban J connectivity index is 2.02. The smallest absolute Gasteiger partial charge is 0.454 e. The highest BCUT2D eigenvalue weighted by Crippen LogP contribution is 2.46. The first-order valence-corrected chi connectivity index (χ1v) is 5.86. The summed E-state index contributed by atoms with van der Waals surface area (Å²) in [5, 5.41) is 0. The Kier molecular flexibility index (Phi) is 3.19. The van der Waals surface area contributed by atoms with Crippen LogP contribution in [0.4, 0.5) is 13.2 Å². The van der Waals surface area contributed by atoms with Crippen LogP contribution in [-0.4, -0.2) is 18.6 Å². The molecule has 0 unspecified atom stereocenters. The maximum absolute atomic E-state index is 12.1. The van der Waals surface area contributed by atoms with Gasteiger partial charge in [-0.25, -0.2) is 0 Å². The van der Waals surface area contributed by atoms with Crippen molar-refractivity contribution in [1.29, 1.82) is 0 Å². The molecule has 0 N–H and O–H groups in total. The highest BCUT2D eigenvalue weighted by atomic mass is 19.4. The third kappa shape index (κ3) is 2.82. The number of halogens is 3. The largest absolute Gasteiger partial charge is 0.497 e. The molecular formula is C12H15F3O2. The number of allylic oxidation sites excluding steroid dienone is 2. The van der Waals surface area contributed by atoms with E-state index < -0.39 is 12.0 Å². The molecule has 1 spiro atoms. The summed E-state index contributed by atoms with van der Waals surface area (Å²) in [7, 11) is 0. The zero-order valence-corrected chi connectivity index (χ0v) is 9.48. The molecule has 0 bridgehead atoms. The van der Waals surface area contributed by atoms with Gasteiger partial charge in [-0.15, -0.1) is 0 Å². The van der Waals surface area contributed by atoms with Crippen molar-refractivity contribution < 1.29 is 22.7 Å². The van der Waals surface area contributed by atoms with E-state index in [4.69, 9.17) is 4.74 Å². The average molecular weight is 248 g/mol. The van der Waals surface area contributed by atoms with Gasteiger partial charge in [-0.05, 0) is 12.8 Å². The van der Waals surface area contributed by atoms with Crippen LogP contribution < -0.4 is 0 Å². The predicted octanol–water partition coefficient (Wildman–Crippen LogP) is 3.37. The topological polar surface area (TPSA) is 26.3 Å². The predicted molar refractivity (Wildman–Crippen MR) is 55.2 cm³/mol. The van der Waals surface area contributed by atoms with Gasteiger partial charge in [-0.3, -0.25) is 4.79 Å². The molecule has 5 heteroatoms. The van der Waals surface area contributed by atoms with Crippen LogP contribution in [0.2, 0.25) is 0 Å². The molecule has 96 valence electrons. The summed E-state index contributed by atoms with van der Waals surface area (Å²) in [5.74, 6) is -1.62. The lowest BCUT2D eigenvalue weighted by Crippen LogP contribution is -2.23. The van der Waals surface area contributed by atoms with Crippen LogP contribution in [0.15, 0.2) is 11.8 Å². The van der Waals surface area contributed by atoms with Crippen LogP contribution >= 0.6 is 0 Å². The van der Waals surface area contributed by atoms with E-state index in [1.807, 2.05) is 0 Å². The molecule has 0 radical (unpaired) electrons. The molecule has 0 aromatic heterocycles. The fourth-order valence-corrected chi connectivity index (χ4v) is 2.66. The third-order valence-corrected chi connectivity index (χ3v) is 3.60. The highest BCUT2D eigenvalue weighted by Gasteiger charge is 2.42. The van der Waals surface area contributed by atoms with Crippen molar-refractivity contribution in [3.05, 3.63) is 11.8 Å². The Morgan fingerprint density at radius 2 is 1.88 bits per heavy atom. The molecule has 0 aromatic carbocycles. The lowest BCUT2D eigenvalue weighted by Gasteiger charge is -2.30. The van der Waals surface area contributed by atoms with Crippen LogP contribution in [0, 0.1) is 5.41 Å². The van der Waals surface area contributed by atoms with Crippen molar-refractivity contribution in [3.8, 4) is 0 Å². The summed E-state index contributed by atoms with van der Waals surface area (Å²) in [5.41, 5.74) is -0.00401. The number of hydrogen-bond acceptors (Lipinski definition) is 2. The number of hydrogen-bond donors (Lipinski definition) is 0. The summed E-state index contributed by atoms with van der Waals surface area (Å²) < 4.78 is 41.5. The van der Waals surface area contributed by atoms with Gasteiger partial charge in [0.2, 0.25) is 0 Å². The maximum atomic E-state index is 12.1. The second-order valence-electron chi connectivity index (χ2n) is 5.00. The van der Waals surface area contributed by atoms with E-state index in [1.54, 1.807) is 0 Å². The molecule has 2 aliphatic rings. The molecule has 0 atom stereocenters. The van der Waals surface area contributed by atoms with Gasteiger partial charge in [0, 0.05) is 17.9 Å². The van der Waals surface area contributed by atoms with Crippen LogP contribution in [0.5, 0.6) is 0 Å². The minimum atomic E-state index is -4.79. The van der Waals surface area contributed by atoms with E-state index in [1.165, 1.54) is 6.42 Å². The summed E-state index contributed by atoms with van der Waals surface area (Å²) in [6.07, 6.45) is 1.67. The molecule has 1 saturated heterocycles. The van der Waals surface area contributed by atoms with Gasteiger partial charge in [0.05, 0.1) is 6.61 Å². The second kappa shape index (κ2) is 4.35. The zero-order valence-electron chi connectivity index (χ0n) is 9.48. The summed E-state index contributed by atoms with van der Waals surface area (Å²) in [4.78, 5) is 10.8. The minimum absolute atomic E-state index is 0.00401. The molecule has 17 heavy (non-hydrogen) atoms. The molecule has 1 saturated carbocycles. The summed E-state index contributed by atoms with van der Waals surface area (Å²) in [6.45, 7) is 0.462. The number of carbonyl (C=O) groups excluding carboxylic acids is 1. The third-order valence-electron chi connectivity index (χ3n) is 3.60. The van der Waals surface area contributed by atoms with E-state index in [0.29, 0.717) is 19.1 Å². The molecule has 1 aliphatic heterocycles. The number of alkyl halides is 3. The molecule has 2 rings (SSSR count). The van der Waals surface area contributed by atoms with Crippen LogP contribution in [0.25, 0.3) is 0 Å². The Bertz CT molecular complexity index is 338. The van der Waals surface area contributed by atoms with Crippen LogP contribution in [0.1, 0.15) is 38.5 Å². The van der Waals surface area contributed by atoms with Gasteiger partial charge >= 0.3 is 6.18 Å². The number of ether oxygens (including phenoxy) is 1. The molecule has 1 aliphatic carbocycles. The average Bonchev–Trinajstić information content (AvgIpc) is 2.61. The lowest BCUT2D eigenvalue weighted by atomic mass is 9.73. The molecular weight excluding hydrogens is 233 g/mol. The molecule has 0 aromatic rings. The van der Waals surface area contributed by atoms with E-state index in [2.05, 4.69) is 0 Å². The SMILES string of the molecule is O=C(/C=C1/CC2(CCCCC2)CO1)C(F)(F)F. The Morgan fingerprint density at radius 1 is 1.24 bits per heavy atom. The van der Waals surface area contributed by atoms with E-state index >= 15 is 0 Å². The van der Waals surface area contributed by atoms with Crippen LogP contribution in [-0.2, 0) is 9.53 Å². The Morgan fingerprint density at radius 3 is 2.47 bits per heavy atom. The van der Waals surface area contributed by atoms with Gasteiger partial charge in [0.15, 0.2) is 0 Å². The standard InChI is InChI=1S/C12H15F3O2/c13-12(14,15)10(16)6-9-7-11(8-17-9)4-2-1-3-5-11/h6H,1-5,7-8H2/b9-6-. The number of carbonyl (C=O) groups is 1. The second-order valence-corrected chi connectivity index (χ2v) is 5.00. The van der Waals surface area contributed by atoms with Crippen molar-refractivity contribution in [2.24, 2.45) is 5.41 Å². The summed E-state index contributed by atoms with van der Waals surface area (Å²) >= 11 is 0. The Hall–Kier alpha value is -1.00. The maximum Gasteiger partial charge on any atom is 0.454 e. The van der Waals surface area contributed by atoms with Crippen molar-refractivity contribution in [2.75, 3.05) is 6.61 Å². The molecule has 1 heterocycles. The Labute approximate surface area is 97.8 Å². The van der Waals surface area contributed by atoms with Gasteiger partial charge in [0.25, 0.3) is 5.78 Å². The van der Waals surface area contributed by atoms with E-state index in [0.717, 1.165) is 25.7 Å². The fraction of sp³-hybridized carbons (Fsp3) is 0.750. The monoisotopic (exact) mass is 248 g/mol. The van der Waals surface area contributed by atoms with E-state index in [9.17, 15) is 18.0 Å². The first-order chi connectivity index (χ1) is 7.91. The van der Waals surface area contributed by atoms with Gasteiger partial charge in [-0.1, -0.05) is 19.3 Å². The highest BCUT2D eigenvalue weighted by molar-refractivity contribution is 5.94. The first kappa shape index (κ1) is 12.5. The lowest BCUT2D eigenvalue weighted by molar-refractivity contribution is -0.165. The molecule has 0 amide bonds. The summed E-state index contributed by atoms with van der Waals surface area (Å²) in [6, 6.07) is 0. The first-order valence-electron chi connectivity index (χ1n) is 5.86. The van der Waals surface area contributed by atoms with Crippen molar-refractivity contribution in [2.45, 2.75) is 44.7 Å². The molecule has 2 fully saturated rings. The van der Waals surface area contributed by atoms with Crippen molar-refractivity contribution >= 4 is 5.78 Å². The fourth-order valence-electron chi connectivity index (χ4n) is 2.66. The number of ketones is 1. The van der Waals surface area contributed by atoms with Gasteiger partial charge in [-0.2, -0.15) is 13.2 Å². The zero-order chi connectivity index (χ0) is 12.5. The van der Waals surface area contributed by atoms with Crippen LogP contribution in [0.3, 0.4) is 0 Å². The normalized spacial score (nSPS) is 26.2.